The minimum Gasteiger partial charge on any atom is -0.314 e. The Bertz CT molecular complexity index is 383. The number of hydrogen-bond donors (Lipinski definition) is 0. The average molecular weight is 259 g/mol. The number of benzene rings is 1. The molecule has 1 aliphatic heterocycles. The second-order valence-electron chi connectivity index (χ2n) is 3.44. The number of hydrogen-bond acceptors (Lipinski definition) is 3. The van der Waals surface area contributed by atoms with Crippen molar-refractivity contribution in [3.8, 4) is 0 Å². The zero-order valence-electron chi connectivity index (χ0n) is 8.31. The molecule has 1 aliphatic rings. The van der Waals surface area contributed by atoms with Crippen LogP contribution in [0.3, 0.4) is 0 Å². The van der Waals surface area contributed by atoms with Crippen molar-refractivity contribution in [2.75, 3.05) is 24.5 Å². The Balaban J connectivity index is 2.25. The van der Waals surface area contributed by atoms with Crippen molar-refractivity contribution in [1.29, 1.82) is 0 Å². The van der Waals surface area contributed by atoms with Gasteiger partial charge in [-0.05, 0) is 25.2 Å². The van der Waals surface area contributed by atoms with Crippen LogP contribution in [0.2, 0.25) is 5.02 Å². The van der Waals surface area contributed by atoms with Crippen LogP contribution in [0.15, 0.2) is 24.3 Å². The molecule has 2 nitrogen and oxygen atoms in total. The van der Waals surface area contributed by atoms with E-state index in [4.69, 9.17) is 23.8 Å². The summed E-state index contributed by atoms with van der Waals surface area (Å²) in [7, 11) is 2.08. The van der Waals surface area contributed by atoms with Crippen LogP contribution in [0.1, 0.15) is 0 Å². The molecule has 0 atom stereocenters. The maximum absolute atomic E-state index is 5.96. The predicted octanol–water partition coefficient (Wildman–Crippen LogP) is 3.02. The molecule has 80 valence electrons. The summed E-state index contributed by atoms with van der Waals surface area (Å²) in [5, 5.41) is 0.744. The van der Waals surface area contributed by atoms with E-state index < -0.39 is 0 Å². The molecule has 0 aromatic heterocycles. The molecule has 2 rings (SSSR count). The third-order valence-corrected chi connectivity index (χ3v) is 3.98. The summed E-state index contributed by atoms with van der Waals surface area (Å²) in [6.07, 6.45) is 0. The number of nitrogens with zero attached hydrogens (tertiary/aromatic N) is 2. The van der Waals surface area contributed by atoms with E-state index in [1.165, 1.54) is 0 Å². The Hall–Kier alpha value is -0.290. The molecule has 0 saturated carbocycles. The smallest absolute Gasteiger partial charge is 0.143 e. The average Bonchev–Trinajstić information content (AvgIpc) is 2.22. The topological polar surface area (TPSA) is 6.48 Å². The van der Waals surface area contributed by atoms with Crippen LogP contribution in [0.25, 0.3) is 0 Å². The first-order valence-electron chi connectivity index (χ1n) is 4.55. The van der Waals surface area contributed by atoms with Crippen molar-refractivity contribution in [3.05, 3.63) is 29.3 Å². The molecule has 1 heterocycles. The van der Waals surface area contributed by atoms with Crippen LogP contribution < -0.4 is 4.90 Å². The molecule has 1 aromatic rings. The predicted molar refractivity (Wildman–Crippen MR) is 71.6 cm³/mol. The quantitative estimate of drug-likeness (QED) is 0.714. The van der Waals surface area contributed by atoms with Gasteiger partial charge in [-0.2, -0.15) is 0 Å². The summed E-state index contributed by atoms with van der Waals surface area (Å²) < 4.78 is 0.912. The Kier molecular flexibility index (Phi) is 3.51. The molecule has 0 unspecified atom stereocenters. The first kappa shape index (κ1) is 11.2. The fraction of sp³-hybridized carbons (Fsp3) is 0.300. The molecule has 0 spiro atoms. The van der Waals surface area contributed by atoms with Crippen molar-refractivity contribution < 1.29 is 0 Å². The zero-order valence-corrected chi connectivity index (χ0v) is 10.7. The summed E-state index contributed by atoms with van der Waals surface area (Å²) in [6.45, 7) is 0.826. The van der Waals surface area contributed by atoms with E-state index in [1.54, 1.807) is 11.8 Å². The van der Waals surface area contributed by atoms with Gasteiger partial charge >= 0.3 is 0 Å². The Morgan fingerprint density at radius 3 is 3.00 bits per heavy atom. The molecule has 1 fully saturated rings. The van der Waals surface area contributed by atoms with Gasteiger partial charge < -0.3 is 4.90 Å². The van der Waals surface area contributed by atoms with Gasteiger partial charge in [0.05, 0.1) is 12.5 Å². The summed E-state index contributed by atoms with van der Waals surface area (Å²) in [4.78, 5) is 4.30. The third-order valence-electron chi connectivity index (χ3n) is 2.13. The first-order valence-corrected chi connectivity index (χ1v) is 6.32. The fourth-order valence-electron chi connectivity index (χ4n) is 1.41. The lowest BCUT2D eigenvalue weighted by atomic mass is 10.3. The zero-order chi connectivity index (χ0) is 10.8. The van der Waals surface area contributed by atoms with Crippen LogP contribution in [0.5, 0.6) is 0 Å². The van der Waals surface area contributed by atoms with Gasteiger partial charge in [0.1, 0.15) is 4.32 Å². The van der Waals surface area contributed by atoms with Crippen LogP contribution in [-0.2, 0) is 0 Å². The molecule has 1 aromatic carbocycles. The second-order valence-corrected chi connectivity index (χ2v) is 5.46. The van der Waals surface area contributed by atoms with Gasteiger partial charge in [0.25, 0.3) is 0 Å². The van der Waals surface area contributed by atoms with Crippen LogP contribution in [0.4, 0.5) is 5.69 Å². The van der Waals surface area contributed by atoms with E-state index in [0.29, 0.717) is 0 Å². The number of thiocarbonyl (C=S) groups is 1. The van der Waals surface area contributed by atoms with Gasteiger partial charge in [-0.25, -0.2) is 0 Å². The maximum Gasteiger partial charge on any atom is 0.143 e. The minimum atomic E-state index is 0.744. The van der Waals surface area contributed by atoms with E-state index >= 15 is 0 Å². The van der Waals surface area contributed by atoms with Crippen molar-refractivity contribution in [2.45, 2.75) is 0 Å². The molecule has 0 N–H and O–H groups in total. The number of halogens is 1. The van der Waals surface area contributed by atoms with Crippen LogP contribution in [0, 0.1) is 0 Å². The van der Waals surface area contributed by atoms with Gasteiger partial charge in [0.2, 0.25) is 0 Å². The summed E-state index contributed by atoms with van der Waals surface area (Å²) in [5.74, 6) is 0.954. The second kappa shape index (κ2) is 4.70. The van der Waals surface area contributed by atoms with Gasteiger partial charge in [0, 0.05) is 10.7 Å². The molecule has 0 aliphatic carbocycles. The lowest BCUT2D eigenvalue weighted by Gasteiger charge is -2.34. The van der Waals surface area contributed by atoms with E-state index in [-0.39, 0.29) is 0 Å². The van der Waals surface area contributed by atoms with E-state index in [0.717, 1.165) is 27.6 Å². The van der Waals surface area contributed by atoms with Crippen molar-refractivity contribution in [2.24, 2.45) is 0 Å². The Labute approximate surface area is 104 Å². The monoisotopic (exact) mass is 258 g/mol. The maximum atomic E-state index is 5.96. The van der Waals surface area contributed by atoms with Crippen LogP contribution >= 0.6 is 35.6 Å². The molecule has 15 heavy (non-hydrogen) atoms. The number of anilines is 1. The molecule has 0 bridgehead atoms. The largest absolute Gasteiger partial charge is 0.314 e. The Morgan fingerprint density at radius 2 is 2.27 bits per heavy atom. The highest BCUT2D eigenvalue weighted by Crippen LogP contribution is 2.26. The number of thioether (sulfide) groups is 1. The van der Waals surface area contributed by atoms with Gasteiger partial charge in [-0.1, -0.05) is 41.6 Å². The highest BCUT2D eigenvalue weighted by Gasteiger charge is 2.20. The molecule has 0 radical (unpaired) electrons. The Morgan fingerprint density at radius 1 is 1.47 bits per heavy atom. The van der Waals surface area contributed by atoms with Crippen LogP contribution in [-0.4, -0.2) is 28.8 Å². The lowest BCUT2D eigenvalue weighted by Crippen LogP contribution is -2.42. The van der Waals surface area contributed by atoms with E-state index in [2.05, 4.69) is 16.8 Å². The first-order chi connectivity index (χ1) is 7.16. The van der Waals surface area contributed by atoms with Gasteiger partial charge in [0.15, 0.2) is 0 Å². The summed E-state index contributed by atoms with van der Waals surface area (Å²) >= 11 is 13.0. The minimum absolute atomic E-state index is 0.744. The fourth-order valence-corrected chi connectivity index (χ4v) is 2.65. The van der Waals surface area contributed by atoms with Crippen molar-refractivity contribution in [1.82, 2.24) is 4.90 Å². The molecule has 5 heteroatoms. The van der Waals surface area contributed by atoms with E-state index in [1.807, 2.05) is 24.3 Å². The SMILES string of the molecule is CN1CSC(=S)N(c2cccc(Cl)c2)C1. The van der Waals surface area contributed by atoms with E-state index in [9.17, 15) is 0 Å². The highest BCUT2D eigenvalue weighted by molar-refractivity contribution is 8.23. The molecule has 0 amide bonds. The van der Waals surface area contributed by atoms with Crippen molar-refractivity contribution >= 4 is 45.6 Å². The van der Waals surface area contributed by atoms with Gasteiger partial charge in [-0.3, -0.25) is 4.90 Å². The molecular formula is C10H11ClN2S2. The van der Waals surface area contributed by atoms with Crippen molar-refractivity contribution in [3.63, 3.8) is 0 Å². The summed E-state index contributed by atoms with van der Waals surface area (Å²) in [6, 6.07) is 7.78. The normalized spacial score (nSPS) is 18.3. The third kappa shape index (κ3) is 2.64. The number of rotatable bonds is 1. The lowest BCUT2D eigenvalue weighted by molar-refractivity contribution is 0.403. The standard InChI is InChI=1S/C10H11ClN2S2/c1-12-6-13(10(14)15-7-12)9-4-2-3-8(11)5-9/h2-5H,6-7H2,1H3. The summed E-state index contributed by atoms with van der Waals surface area (Å²) in [5.41, 5.74) is 1.06. The highest BCUT2D eigenvalue weighted by atomic mass is 35.5. The molecule has 1 saturated heterocycles. The molecular weight excluding hydrogens is 248 g/mol. The van der Waals surface area contributed by atoms with Gasteiger partial charge in [-0.15, -0.1) is 0 Å².